The Kier molecular flexibility index (Phi) is 3.00. The molecular formula is C14H12FN3S. The summed E-state index contributed by atoms with van der Waals surface area (Å²) in [5.41, 5.74) is 2.50. The molecule has 0 atom stereocenters. The first-order valence-electron chi connectivity index (χ1n) is 5.81. The average Bonchev–Trinajstić information content (AvgIpc) is 2.74. The second kappa shape index (κ2) is 4.68. The van der Waals surface area contributed by atoms with Crippen LogP contribution in [0.5, 0.6) is 0 Å². The van der Waals surface area contributed by atoms with Crippen molar-refractivity contribution in [2.45, 2.75) is 11.8 Å². The average molecular weight is 273 g/mol. The lowest BCUT2D eigenvalue weighted by atomic mass is 10.2. The number of rotatable bonds is 2. The number of nitrogens with zero attached hydrogens (tertiary/aromatic N) is 2. The minimum absolute atomic E-state index is 0.261. The zero-order chi connectivity index (χ0) is 13.4. The van der Waals surface area contributed by atoms with Crippen molar-refractivity contribution in [2.75, 3.05) is 0 Å². The maximum Gasteiger partial charge on any atom is 0.125 e. The molecule has 0 bridgehead atoms. The maximum absolute atomic E-state index is 13.4. The Hall–Kier alpha value is -1.85. The van der Waals surface area contributed by atoms with Crippen LogP contribution in [0, 0.1) is 12.7 Å². The van der Waals surface area contributed by atoms with Gasteiger partial charge in [0, 0.05) is 16.6 Å². The second-order valence-electron chi connectivity index (χ2n) is 4.24. The molecule has 0 saturated heterocycles. The Bertz CT molecular complexity index is 734. The van der Waals surface area contributed by atoms with Crippen LogP contribution in [0.3, 0.4) is 0 Å². The zero-order valence-corrected chi connectivity index (χ0v) is 11.1. The second-order valence-corrected chi connectivity index (χ2v) is 4.95. The highest BCUT2D eigenvalue weighted by Gasteiger charge is 2.09. The summed E-state index contributed by atoms with van der Waals surface area (Å²) in [5, 5.41) is 5.51. The Balaban J connectivity index is 2.22. The van der Waals surface area contributed by atoms with Crippen LogP contribution in [0.4, 0.5) is 4.39 Å². The largest absolute Gasteiger partial charge is 0.296 e. The highest BCUT2D eigenvalue weighted by molar-refractivity contribution is 7.97. The van der Waals surface area contributed by atoms with Crippen LogP contribution in [-0.2, 0) is 0 Å². The van der Waals surface area contributed by atoms with Gasteiger partial charge in [0.25, 0.3) is 0 Å². The number of halogens is 1. The summed E-state index contributed by atoms with van der Waals surface area (Å²) in [4.78, 5) is 5.42. The molecule has 1 aromatic heterocycles. The van der Waals surface area contributed by atoms with E-state index in [9.17, 15) is 4.39 Å². The lowest BCUT2D eigenvalue weighted by molar-refractivity contribution is 0.629. The predicted octanol–water partition coefficient (Wildman–Crippen LogP) is 3.44. The monoisotopic (exact) mass is 273 g/mol. The van der Waals surface area contributed by atoms with Gasteiger partial charge in [-0.2, -0.15) is 0 Å². The van der Waals surface area contributed by atoms with Gasteiger partial charge < -0.3 is 0 Å². The number of hydrogen-bond donors (Lipinski definition) is 1. The van der Waals surface area contributed by atoms with Gasteiger partial charge in [-0.3, -0.25) is 9.71 Å². The number of benzene rings is 2. The molecular weight excluding hydrogens is 261 g/mol. The third-order valence-electron chi connectivity index (χ3n) is 3.02. The highest BCUT2D eigenvalue weighted by atomic mass is 32.2. The van der Waals surface area contributed by atoms with Gasteiger partial charge in [0.15, 0.2) is 0 Å². The Morgan fingerprint density at radius 2 is 1.89 bits per heavy atom. The molecule has 2 N–H and O–H groups in total. The van der Waals surface area contributed by atoms with Gasteiger partial charge in [-0.15, -0.1) is 0 Å². The summed E-state index contributed by atoms with van der Waals surface area (Å²) >= 11 is 1.20. The lowest BCUT2D eigenvalue weighted by Crippen LogP contribution is -1.97. The first kappa shape index (κ1) is 12.2. The van der Waals surface area contributed by atoms with Crippen molar-refractivity contribution in [2.24, 2.45) is 5.14 Å². The molecule has 0 amide bonds. The normalized spacial score (nSPS) is 11.1. The van der Waals surface area contributed by atoms with Crippen LogP contribution < -0.4 is 5.14 Å². The van der Waals surface area contributed by atoms with E-state index in [2.05, 4.69) is 4.98 Å². The summed E-state index contributed by atoms with van der Waals surface area (Å²) in [6.07, 6.45) is 0. The molecule has 0 spiro atoms. The fourth-order valence-corrected chi connectivity index (χ4v) is 2.46. The highest BCUT2D eigenvalue weighted by Crippen LogP contribution is 2.23. The van der Waals surface area contributed by atoms with E-state index in [0.717, 1.165) is 27.4 Å². The van der Waals surface area contributed by atoms with Gasteiger partial charge >= 0.3 is 0 Å². The fourth-order valence-electron chi connectivity index (χ4n) is 2.17. The lowest BCUT2D eigenvalue weighted by Gasteiger charge is -2.07. The molecule has 0 unspecified atom stereocenters. The first-order chi connectivity index (χ1) is 9.19. The summed E-state index contributed by atoms with van der Waals surface area (Å²) in [6.45, 7) is 1.91. The fraction of sp³-hybridized carbons (Fsp3) is 0.0714. The molecule has 0 aliphatic carbocycles. The van der Waals surface area contributed by atoms with Crippen molar-refractivity contribution in [1.29, 1.82) is 0 Å². The van der Waals surface area contributed by atoms with Crippen molar-refractivity contribution in [1.82, 2.24) is 9.55 Å². The molecule has 0 aliphatic heterocycles. The minimum Gasteiger partial charge on any atom is -0.296 e. The van der Waals surface area contributed by atoms with Crippen LogP contribution in [0.2, 0.25) is 0 Å². The number of fused-ring (bicyclic) bond motifs is 1. The number of aromatic nitrogens is 2. The van der Waals surface area contributed by atoms with Gasteiger partial charge in [-0.25, -0.2) is 9.37 Å². The maximum atomic E-state index is 13.4. The van der Waals surface area contributed by atoms with Crippen molar-refractivity contribution < 1.29 is 4.39 Å². The van der Waals surface area contributed by atoms with Gasteiger partial charge in [0.05, 0.1) is 11.0 Å². The number of hydrogen-bond acceptors (Lipinski definition) is 3. The Morgan fingerprint density at radius 1 is 1.16 bits per heavy atom. The molecule has 2 aromatic carbocycles. The predicted molar refractivity (Wildman–Crippen MR) is 75.8 cm³/mol. The van der Waals surface area contributed by atoms with Crippen LogP contribution in [0.1, 0.15) is 5.82 Å². The summed E-state index contributed by atoms with van der Waals surface area (Å²) in [5.74, 6) is 0.566. The number of nitrogens with two attached hydrogens (primary N) is 1. The minimum atomic E-state index is -0.261. The zero-order valence-electron chi connectivity index (χ0n) is 10.3. The van der Waals surface area contributed by atoms with Crippen LogP contribution in [0.25, 0.3) is 16.7 Å². The van der Waals surface area contributed by atoms with Crippen molar-refractivity contribution in [3.63, 3.8) is 0 Å². The molecule has 3 aromatic rings. The Labute approximate surface area is 114 Å². The van der Waals surface area contributed by atoms with E-state index in [-0.39, 0.29) is 5.82 Å². The molecule has 3 rings (SSSR count). The van der Waals surface area contributed by atoms with E-state index in [4.69, 9.17) is 5.14 Å². The van der Waals surface area contributed by atoms with Crippen LogP contribution >= 0.6 is 11.9 Å². The van der Waals surface area contributed by atoms with E-state index in [1.54, 1.807) is 6.07 Å². The molecule has 0 aliphatic rings. The standard InChI is InChI=1S/C14H12FN3S/c1-9-17-13-7-2-10(15)8-14(13)18(9)11-3-5-12(19-16)6-4-11/h2-8H,16H2,1H3. The van der Waals surface area contributed by atoms with Gasteiger partial charge in [0.1, 0.15) is 11.6 Å². The van der Waals surface area contributed by atoms with E-state index in [0.29, 0.717) is 0 Å². The summed E-state index contributed by atoms with van der Waals surface area (Å²) in [7, 11) is 0. The molecule has 0 radical (unpaired) electrons. The summed E-state index contributed by atoms with van der Waals surface area (Å²) in [6, 6.07) is 12.4. The van der Waals surface area contributed by atoms with E-state index in [1.807, 2.05) is 35.8 Å². The molecule has 1 heterocycles. The van der Waals surface area contributed by atoms with Crippen LogP contribution in [0.15, 0.2) is 47.4 Å². The van der Waals surface area contributed by atoms with Crippen molar-refractivity contribution >= 4 is 23.0 Å². The van der Waals surface area contributed by atoms with Gasteiger partial charge in [0.2, 0.25) is 0 Å². The van der Waals surface area contributed by atoms with Crippen molar-refractivity contribution in [3.05, 3.63) is 54.1 Å². The quantitative estimate of drug-likeness (QED) is 0.727. The third kappa shape index (κ3) is 2.11. The molecule has 19 heavy (non-hydrogen) atoms. The molecule has 5 heteroatoms. The first-order valence-corrected chi connectivity index (χ1v) is 6.69. The van der Waals surface area contributed by atoms with Crippen LogP contribution in [-0.4, -0.2) is 9.55 Å². The van der Waals surface area contributed by atoms with Gasteiger partial charge in [-0.05, 0) is 55.3 Å². The Morgan fingerprint density at radius 3 is 2.58 bits per heavy atom. The molecule has 0 fully saturated rings. The van der Waals surface area contributed by atoms with E-state index in [1.165, 1.54) is 24.1 Å². The SMILES string of the molecule is Cc1nc2ccc(F)cc2n1-c1ccc(SN)cc1. The topological polar surface area (TPSA) is 43.8 Å². The molecule has 3 nitrogen and oxygen atoms in total. The van der Waals surface area contributed by atoms with E-state index >= 15 is 0 Å². The summed E-state index contributed by atoms with van der Waals surface area (Å²) < 4.78 is 15.3. The molecule has 96 valence electrons. The molecule has 0 saturated carbocycles. The smallest absolute Gasteiger partial charge is 0.125 e. The number of aryl methyl sites for hydroxylation is 1. The number of imidazole rings is 1. The van der Waals surface area contributed by atoms with Crippen molar-refractivity contribution in [3.8, 4) is 5.69 Å². The third-order valence-corrected chi connectivity index (χ3v) is 3.56. The van der Waals surface area contributed by atoms with Gasteiger partial charge in [-0.1, -0.05) is 0 Å². The van der Waals surface area contributed by atoms with E-state index < -0.39 is 0 Å².